The predicted molar refractivity (Wildman–Crippen MR) is 108 cm³/mol. The number of ether oxygens (including phenoxy) is 2. The Bertz CT molecular complexity index is 991. The molecular weight excluding hydrogens is 360 g/mol. The summed E-state index contributed by atoms with van der Waals surface area (Å²) in [5.41, 5.74) is 1.29. The molecule has 27 heavy (non-hydrogen) atoms. The molecule has 2 aromatic heterocycles. The van der Waals surface area contributed by atoms with E-state index in [1.165, 1.54) is 10.4 Å². The molecule has 0 saturated carbocycles. The molecule has 5 nitrogen and oxygen atoms in total. The molecule has 1 aromatic carbocycles. The van der Waals surface area contributed by atoms with E-state index in [1.54, 1.807) is 22.2 Å². The van der Waals surface area contributed by atoms with Crippen LogP contribution in [0.5, 0.6) is 11.5 Å². The topological polar surface area (TPSA) is 53.4 Å². The summed E-state index contributed by atoms with van der Waals surface area (Å²) in [4.78, 5) is 19.7. The van der Waals surface area contributed by atoms with Crippen molar-refractivity contribution in [2.45, 2.75) is 39.7 Å². The average Bonchev–Trinajstić information content (AvgIpc) is 3.03. The van der Waals surface area contributed by atoms with Gasteiger partial charge in [-0.3, -0.25) is 9.36 Å². The molecule has 4 rings (SSSR count). The maximum atomic E-state index is 13.0. The molecule has 0 aliphatic heterocycles. The van der Waals surface area contributed by atoms with Crippen LogP contribution in [-0.4, -0.2) is 22.8 Å². The summed E-state index contributed by atoms with van der Waals surface area (Å²) >= 11 is 1.68. The summed E-state index contributed by atoms with van der Waals surface area (Å²) in [5.74, 6) is 2.28. The van der Waals surface area contributed by atoms with E-state index < -0.39 is 0 Å². The van der Waals surface area contributed by atoms with E-state index in [2.05, 4.69) is 11.9 Å². The Morgan fingerprint density at radius 1 is 1.22 bits per heavy atom. The molecule has 0 radical (unpaired) electrons. The lowest BCUT2D eigenvalue weighted by atomic mass is 9.89. The SMILES string of the molecule is CCOc1ccc(OCCn2cnc3sc4c(c3c2=O)CC[C@H](C)C4)cc1. The van der Waals surface area contributed by atoms with Gasteiger partial charge in [0.2, 0.25) is 0 Å². The van der Waals surface area contributed by atoms with Crippen LogP contribution < -0.4 is 15.0 Å². The van der Waals surface area contributed by atoms with Gasteiger partial charge in [0, 0.05) is 4.88 Å². The van der Waals surface area contributed by atoms with Crippen molar-refractivity contribution in [2.24, 2.45) is 5.92 Å². The molecule has 2 heterocycles. The fourth-order valence-electron chi connectivity index (χ4n) is 3.59. The third kappa shape index (κ3) is 3.72. The predicted octanol–water partition coefficient (Wildman–Crippen LogP) is 4.06. The average molecular weight is 385 g/mol. The summed E-state index contributed by atoms with van der Waals surface area (Å²) < 4.78 is 12.9. The molecule has 1 aliphatic carbocycles. The molecule has 0 N–H and O–H groups in total. The van der Waals surface area contributed by atoms with Gasteiger partial charge in [-0.15, -0.1) is 11.3 Å². The van der Waals surface area contributed by atoms with Crippen LogP contribution in [0.15, 0.2) is 35.4 Å². The lowest BCUT2D eigenvalue weighted by Gasteiger charge is -2.17. The highest BCUT2D eigenvalue weighted by Gasteiger charge is 2.23. The maximum Gasteiger partial charge on any atom is 0.262 e. The summed E-state index contributed by atoms with van der Waals surface area (Å²) in [7, 11) is 0. The van der Waals surface area contributed by atoms with Gasteiger partial charge in [0.05, 0.1) is 24.9 Å². The molecule has 142 valence electrons. The van der Waals surface area contributed by atoms with Crippen LogP contribution in [0, 0.1) is 5.92 Å². The van der Waals surface area contributed by atoms with Crippen molar-refractivity contribution in [3.8, 4) is 11.5 Å². The molecule has 0 spiro atoms. The molecule has 3 aromatic rings. The minimum Gasteiger partial charge on any atom is -0.494 e. The molecule has 0 unspecified atom stereocenters. The molecule has 1 atom stereocenters. The standard InChI is InChI=1S/C21H24N2O3S/c1-3-25-15-5-7-16(8-6-15)26-11-10-23-13-22-20-19(21(23)24)17-9-4-14(2)12-18(17)27-20/h5-8,13-14H,3-4,9-12H2,1-2H3/t14-/m0/s1. The van der Waals surface area contributed by atoms with E-state index in [1.807, 2.05) is 31.2 Å². The monoisotopic (exact) mass is 384 g/mol. The fourth-order valence-corrected chi connectivity index (χ4v) is 4.93. The van der Waals surface area contributed by atoms with Crippen molar-refractivity contribution in [1.29, 1.82) is 0 Å². The van der Waals surface area contributed by atoms with Gasteiger partial charge in [0.15, 0.2) is 0 Å². The van der Waals surface area contributed by atoms with Crippen LogP contribution >= 0.6 is 11.3 Å². The van der Waals surface area contributed by atoms with Gasteiger partial charge in [-0.05, 0) is 61.9 Å². The van der Waals surface area contributed by atoms with E-state index in [0.717, 1.165) is 41.0 Å². The van der Waals surface area contributed by atoms with Gasteiger partial charge in [0.1, 0.15) is 22.9 Å². The number of nitrogens with zero attached hydrogens (tertiary/aromatic N) is 2. The number of rotatable bonds is 6. The van der Waals surface area contributed by atoms with Gasteiger partial charge in [0.25, 0.3) is 5.56 Å². The largest absolute Gasteiger partial charge is 0.494 e. The molecular formula is C21H24N2O3S. The van der Waals surface area contributed by atoms with Crippen LogP contribution in [0.4, 0.5) is 0 Å². The summed E-state index contributed by atoms with van der Waals surface area (Å²) in [6.07, 6.45) is 4.85. The number of aromatic nitrogens is 2. The molecule has 0 bridgehead atoms. The van der Waals surface area contributed by atoms with Crippen LogP contribution in [0.1, 0.15) is 30.7 Å². The van der Waals surface area contributed by atoms with Crippen molar-refractivity contribution in [2.75, 3.05) is 13.2 Å². The van der Waals surface area contributed by atoms with Gasteiger partial charge < -0.3 is 9.47 Å². The smallest absolute Gasteiger partial charge is 0.262 e. The van der Waals surface area contributed by atoms with Crippen LogP contribution in [0.2, 0.25) is 0 Å². The highest BCUT2D eigenvalue weighted by Crippen LogP contribution is 2.35. The first-order chi connectivity index (χ1) is 13.2. The second-order valence-corrected chi connectivity index (χ2v) is 8.11. The third-order valence-electron chi connectivity index (χ3n) is 5.02. The number of aryl methyl sites for hydroxylation is 1. The first-order valence-corrected chi connectivity index (χ1v) is 10.3. The first kappa shape index (κ1) is 18.0. The number of thiophene rings is 1. The second-order valence-electron chi connectivity index (χ2n) is 7.03. The lowest BCUT2D eigenvalue weighted by Crippen LogP contribution is -2.24. The van der Waals surface area contributed by atoms with E-state index in [-0.39, 0.29) is 5.56 Å². The zero-order chi connectivity index (χ0) is 18.8. The van der Waals surface area contributed by atoms with Crippen LogP contribution in [0.3, 0.4) is 0 Å². The zero-order valence-corrected chi connectivity index (χ0v) is 16.6. The Balaban J connectivity index is 1.48. The van der Waals surface area contributed by atoms with Crippen molar-refractivity contribution in [1.82, 2.24) is 9.55 Å². The van der Waals surface area contributed by atoms with E-state index in [4.69, 9.17) is 9.47 Å². The Labute approximate surface area is 162 Å². The molecule has 0 saturated heterocycles. The van der Waals surface area contributed by atoms with Crippen molar-refractivity contribution in [3.05, 3.63) is 51.4 Å². The highest BCUT2D eigenvalue weighted by atomic mass is 32.1. The lowest BCUT2D eigenvalue weighted by molar-refractivity contribution is 0.294. The first-order valence-electron chi connectivity index (χ1n) is 9.51. The second kappa shape index (κ2) is 7.72. The Morgan fingerprint density at radius 2 is 1.96 bits per heavy atom. The molecule has 0 fully saturated rings. The Hall–Kier alpha value is -2.34. The third-order valence-corrected chi connectivity index (χ3v) is 6.18. The number of hydrogen-bond donors (Lipinski definition) is 0. The summed E-state index contributed by atoms with van der Waals surface area (Å²) in [6.45, 7) is 5.78. The van der Waals surface area contributed by atoms with E-state index in [9.17, 15) is 4.79 Å². The van der Waals surface area contributed by atoms with Crippen LogP contribution in [0.25, 0.3) is 10.2 Å². The molecule has 6 heteroatoms. The molecule has 0 amide bonds. The van der Waals surface area contributed by atoms with Crippen molar-refractivity contribution < 1.29 is 9.47 Å². The van der Waals surface area contributed by atoms with Crippen LogP contribution in [-0.2, 0) is 19.4 Å². The number of benzene rings is 1. The van der Waals surface area contributed by atoms with Crippen molar-refractivity contribution in [3.63, 3.8) is 0 Å². The van der Waals surface area contributed by atoms with Gasteiger partial charge in [-0.2, -0.15) is 0 Å². The van der Waals surface area contributed by atoms with Gasteiger partial charge in [-0.25, -0.2) is 4.98 Å². The maximum absolute atomic E-state index is 13.0. The number of hydrogen-bond acceptors (Lipinski definition) is 5. The minimum absolute atomic E-state index is 0.0577. The number of fused-ring (bicyclic) bond motifs is 3. The highest BCUT2D eigenvalue weighted by molar-refractivity contribution is 7.18. The van der Waals surface area contributed by atoms with Gasteiger partial charge in [-0.1, -0.05) is 6.92 Å². The zero-order valence-electron chi connectivity index (χ0n) is 15.7. The summed E-state index contributed by atoms with van der Waals surface area (Å²) in [6, 6.07) is 7.53. The Kier molecular flexibility index (Phi) is 5.16. The fraction of sp³-hybridized carbons (Fsp3) is 0.429. The summed E-state index contributed by atoms with van der Waals surface area (Å²) in [5, 5.41) is 0.825. The van der Waals surface area contributed by atoms with E-state index in [0.29, 0.717) is 25.7 Å². The minimum atomic E-state index is 0.0577. The Morgan fingerprint density at radius 3 is 2.70 bits per heavy atom. The van der Waals surface area contributed by atoms with Crippen molar-refractivity contribution >= 4 is 21.6 Å². The van der Waals surface area contributed by atoms with E-state index >= 15 is 0 Å². The quantitative estimate of drug-likeness (QED) is 0.643. The molecule has 1 aliphatic rings. The normalized spacial score (nSPS) is 16.3. The van der Waals surface area contributed by atoms with Gasteiger partial charge >= 0.3 is 0 Å².